The van der Waals surface area contributed by atoms with E-state index in [1.807, 2.05) is 30.3 Å². The van der Waals surface area contributed by atoms with Crippen LogP contribution in [0.15, 0.2) is 64.8 Å². The van der Waals surface area contributed by atoms with E-state index >= 15 is 0 Å². The highest BCUT2D eigenvalue weighted by atomic mass is 35.5. The van der Waals surface area contributed by atoms with Crippen molar-refractivity contribution in [3.05, 3.63) is 81.6 Å². The molecule has 0 bridgehead atoms. The van der Waals surface area contributed by atoms with Gasteiger partial charge < -0.3 is 4.98 Å². The summed E-state index contributed by atoms with van der Waals surface area (Å²) in [5.41, 5.74) is 1.57. The second kappa shape index (κ2) is 6.93. The van der Waals surface area contributed by atoms with Gasteiger partial charge in [-0.15, -0.1) is 0 Å². The van der Waals surface area contributed by atoms with Crippen molar-refractivity contribution in [1.29, 1.82) is 0 Å². The van der Waals surface area contributed by atoms with Crippen molar-refractivity contribution in [2.45, 2.75) is 10.9 Å². The summed E-state index contributed by atoms with van der Waals surface area (Å²) < 4.78 is 15.8. The van der Waals surface area contributed by atoms with Crippen LogP contribution in [-0.4, -0.2) is 19.5 Å². The van der Waals surface area contributed by atoms with Gasteiger partial charge in [0.25, 0.3) is 5.56 Å². The Kier molecular flexibility index (Phi) is 4.48. The maximum absolute atomic E-state index is 14.1. The van der Waals surface area contributed by atoms with Gasteiger partial charge in [0.05, 0.1) is 6.33 Å². The molecule has 2 aromatic carbocycles. The summed E-state index contributed by atoms with van der Waals surface area (Å²) in [7, 11) is 0. The molecule has 0 aliphatic carbocycles. The molecule has 0 aliphatic heterocycles. The SMILES string of the molecule is O=c1[nH]cnc2c1nc(SCc1c(F)cccc1Cl)n2-c1ccccc1. The van der Waals surface area contributed by atoms with Crippen LogP contribution in [-0.2, 0) is 5.75 Å². The first-order chi connectivity index (χ1) is 12.6. The van der Waals surface area contributed by atoms with Gasteiger partial charge in [-0.2, -0.15) is 0 Å². The topological polar surface area (TPSA) is 63.6 Å². The Morgan fingerprint density at radius 2 is 1.96 bits per heavy atom. The molecule has 0 amide bonds. The average Bonchev–Trinajstić information content (AvgIpc) is 3.02. The molecule has 0 aliphatic rings. The highest BCUT2D eigenvalue weighted by Gasteiger charge is 2.17. The molecule has 130 valence electrons. The molecular formula is C18H12ClFN4OS. The number of para-hydroxylation sites is 1. The lowest BCUT2D eigenvalue weighted by atomic mass is 10.2. The zero-order valence-corrected chi connectivity index (χ0v) is 14.9. The normalized spacial score (nSPS) is 11.2. The number of fused-ring (bicyclic) bond motifs is 1. The van der Waals surface area contributed by atoms with E-state index in [0.717, 1.165) is 5.69 Å². The number of rotatable bonds is 4. The van der Waals surface area contributed by atoms with E-state index in [1.165, 1.54) is 24.2 Å². The van der Waals surface area contributed by atoms with E-state index in [-0.39, 0.29) is 22.6 Å². The molecular weight excluding hydrogens is 375 g/mol. The van der Waals surface area contributed by atoms with Crippen LogP contribution in [0.1, 0.15) is 5.56 Å². The monoisotopic (exact) mass is 386 g/mol. The number of hydrogen-bond acceptors (Lipinski definition) is 4. The minimum Gasteiger partial charge on any atom is -0.311 e. The number of imidazole rings is 1. The van der Waals surface area contributed by atoms with Gasteiger partial charge in [-0.25, -0.2) is 14.4 Å². The summed E-state index contributed by atoms with van der Waals surface area (Å²) in [6, 6.07) is 14.0. The van der Waals surface area contributed by atoms with Gasteiger partial charge in [0.1, 0.15) is 5.82 Å². The molecule has 2 heterocycles. The molecule has 0 atom stereocenters. The first-order valence-corrected chi connectivity index (χ1v) is 9.09. The molecule has 4 rings (SSSR count). The highest BCUT2D eigenvalue weighted by molar-refractivity contribution is 7.98. The number of aromatic nitrogens is 4. The van der Waals surface area contributed by atoms with Crippen LogP contribution in [0.2, 0.25) is 5.02 Å². The predicted octanol–water partition coefficient (Wildman–Crippen LogP) is 4.19. The van der Waals surface area contributed by atoms with Crippen molar-refractivity contribution < 1.29 is 4.39 Å². The summed E-state index contributed by atoms with van der Waals surface area (Å²) in [4.78, 5) is 23.3. The van der Waals surface area contributed by atoms with Gasteiger partial charge in [0.15, 0.2) is 16.3 Å². The number of aromatic amines is 1. The quantitative estimate of drug-likeness (QED) is 0.534. The fourth-order valence-corrected chi connectivity index (χ4v) is 3.95. The number of thioether (sulfide) groups is 1. The molecule has 0 radical (unpaired) electrons. The Bertz CT molecular complexity index is 1120. The summed E-state index contributed by atoms with van der Waals surface area (Å²) in [6.07, 6.45) is 1.34. The Balaban J connectivity index is 1.82. The number of benzene rings is 2. The van der Waals surface area contributed by atoms with Crippen molar-refractivity contribution in [1.82, 2.24) is 19.5 Å². The van der Waals surface area contributed by atoms with Crippen LogP contribution in [0.5, 0.6) is 0 Å². The summed E-state index contributed by atoms with van der Waals surface area (Å²) in [5.74, 6) is -0.0946. The summed E-state index contributed by atoms with van der Waals surface area (Å²) in [5, 5.41) is 0.894. The molecule has 26 heavy (non-hydrogen) atoms. The minimum atomic E-state index is -0.372. The van der Waals surface area contributed by atoms with Crippen molar-refractivity contribution in [2.24, 2.45) is 0 Å². The van der Waals surface area contributed by atoms with Gasteiger partial charge in [-0.1, -0.05) is 47.6 Å². The molecule has 0 fully saturated rings. The lowest BCUT2D eigenvalue weighted by molar-refractivity contribution is 0.617. The lowest BCUT2D eigenvalue weighted by Gasteiger charge is -2.09. The number of H-pyrrole nitrogens is 1. The molecule has 1 N–H and O–H groups in total. The number of halogens is 2. The molecule has 0 unspecified atom stereocenters. The standard InChI is InChI=1S/C18H12ClFN4OS/c19-13-7-4-8-14(20)12(13)9-26-18-23-15-16(21-10-22-17(15)25)24(18)11-5-2-1-3-6-11/h1-8,10H,9H2,(H,21,22,25). The molecule has 0 saturated carbocycles. The van der Waals surface area contributed by atoms with Gasteiger partial charge >= 0.3 is 0 Å². The minimum absolute atomic E-state index is 0.235. The van der Waals surface area contributed by atoms with Gasteiger partial charge in [-0.05, 0) is 24.3 Å². The zero-order chi connectivity index (χ0) is 18.1. The molecule has 4 aromatic rings. The second-order valence-electron chi connectivity index (χ2n) is 5.46. The second-order valence-corrected chi connectivity index (χ2v) is 6.81. The number of nitrogens with zero attached hydrogens (tertiary/aromatic N) is 3. The Morgan fingerprint density at radius 3 is 2.73 bits per heavy atom. The van der Waals surface area contributed by atoms with Crippen LogP contribution in [0.3, 0.4) is 0 Å². The number of hydrogen-bond donors (Lipinski definition) is 1. The van der Waals surface area contributed by atoms with Gasteiger partial charge in [0, 0.05) is 22.0 Å². The van der Waals surface area contributed by atoms with Crippen LogP contribution < -0.4 is 5.56 Å². The predicted molar refractivity (Wildman–Crippen MR) is 100 cm³/mol. The molecule has 0 spiro atoms. The smallest absolute Gasteiger partial charge is 0.278 e. The van der Waals surface area contributed by atoms with Crippen molar-refractivity contribution in [3.63, 3.8) is 0 Å². The third-order valence-electron chi connectivity index (χ3n) is 3.84. The fourth-order valence-electron chi connectivity index (χ4n) is 2.60. The first-order valence-electron chi connectivity index (χ1n) is 7.72. The molecule has 8 heteroatoms. The molecule has 5 nitrogen and oxygen atoms in total. The molecule has 0 saturated heterocycles. The van der Waals surface area contributed by atoms with Crippen molar-refractivity contribution in [3.8, 4) is 5.69 Å². The Hall–Kier alpha value is -2.64. The third-order valence-corrected chi connectivity index (χ3v) is 5.16. The van der Waals surface area contributed by atoms with Crippen LogP contribution in [0.4, 0.5) is 4.39 Å². The maximum atomic E-state index is 14.1. The molecule has 2 aromatic heterocycles. The highest BCUT2D eigenvalue weighted by Crippen LogP contribution is 2.31. The van der Waals surface area contributed by atoms with Crippen LogP contribution in [0.25, 0.3) is 16.9 Å². The Labute approximate surface area is 156 Å². The maximum Gasteiger partial charge on any atom is 0.278 e. The van der Waals surface area contributed by atoms with Crippen LogP contribution in [0, 0.1) is 5.82 Å². The van der Waals surface area contributed by atoms with Gasteiger partial charge in [0.2, 0.25) is 0 Å². The van der Waals surface area contributed by atoms with E-state index in [0.29, 0.717) is 21.4 Å². The van der Waals surface area contributed by atoms with Crippen molar-refractivity contribution >= 4 is 34.5 Å². The third kappa shape index (κ3) is 3.00. The largest absolute Gasteiger partial charge is 0.311 e. The van der Waals surface area contributed by atoms with E-state index in [9.17, 15) is 9.18 Å². The number of nitrogens with one attached hydrogen (secondary N) is 1. The first kappa shape index (κ1) is 16.8. The summed E-state index contributed by atoms with van der Waals surface area (Å²) >= 11 is 7.40. The average molecular weight is 387 g/mol. The van der Waals surface area contributed by atoms with E-state index < -0.39 is 0 Å². The van der Waals surface area contributed by atoms with E-state index in [4.69, 9.17) is 11.6 Å². The van der Waals surface area contributed by atoms with E-state index in [2.05, 4.69) is 15.0 Å². The van der Waals surface area contributed by atoms with Gasteiger partial charge in [-0.3, -0.25) is 9.36 Å². The Morgan fingerprint density at radius 1 is 1.15 bits per heavy atom. The fraction of sp³-hybridized carbons (Fsp3) is 0.0556. The summed E-state index contributed by atoms with van der Waals surface area (Å²) in [6.45, 7) is 0. The zero-order valence-electron chi connectivity index (χ0n) is 13.3. The lowest BCUT2D eigenvalue weighted by Crippen LogP contribution is -2.07. The van der Waals surface area contributed by atoms with Crippen LogP contribution >= 0.6 is 23.4 Å². The van der Waals surface area contributed by atoms with E-state index in [1.54, 1.807) is 16.7 Å². The van der Waals surface area contributed by atoms with Crippen molar-refractivity contribution in [2.75, 3.05) is 0 Å².